The second kappa shape index (κ2) is 2.47. The normalized spacial score (nSPS) is 20.4. The molecule has 0 heterocycles. The van der Waals surface area contributed by atoms with Gasteiger partial charge in [0.1, 0.15) is 0 Å². The first-order valence-electron chi connectivity index (χ1n) is 3.43. The van der Waals surface area contributed by atoms with Gasteiger partial charge in [-0.2, -0.15) is 0 Å². The van der Waals surface area contributed by atoms with E-state index in [-0.39, 0.29) is 0 Å². The number of benzene rings is 1. The first-order chi connectivity index (χ1) is 5.27. The minimum atomic E-state index is -0.405. The lowest BCUT2D eigenvalue weighted by molar-refractivity contribution is 0.232. The van der Waals surface area contributed by atoms with E-state index in [4.69, 9.17) is 0 Å². The van der Waals surface area contributed by atoms with E-state index < -0.39 is 6.10 Å². The van der Waals surface area contributed by atoms with Crippen LogP contribution >= 0.6 is 15.9 Å². The Morgan fingerprint density at radius 1 is 1.36 bits per heavy atom. The second-order valence-corrected chi connectivity index (χ2v) is 3.49. The molecule has 0 aliphatic heterocycles. The molecular formula is C9H7BrO. The van der Waals surface area contributed by atoms with Gasteiger partial charge in [-0.05, 0) is 23.3 Å². The Morgan fingerprint density at radius 3 is 3.00 bits per heavy atom. The summed E-state index contributed by atoms with van der Waals surface area (Å²) in [4.78, 5) is 0. The van der Waals surface area contributed by atoms with Gasteiger partial charge in [0.25, 0.3) is 0 Å². The van der Waals surface area contributed by atoms with Gasteiger partial charge in [-0.25, -0.2) is 0 Å². The van der Waals surface area contributed by atoms with Gasteiger partial charge in [0.15, 0.2) is 0 Å². The number of hydrogen-bond acceptors (Lipinski definition) is 1. The SMILES string of the molecule is OC1C=Cc2cc(Br)ccc21. The summed E-state index contributed by atoms with van der Waals surface area (Å²) in [6, 6.07) is 5.88. The van der Waals surface area contributed by atoms with Gasteiger partial charge in [-0.1, -0.05) is 34.1 Å². The van der Waals surface area contributed by atoms with E-state index >= 15 is 0 Å². The minimum Gasteiger partial charge on any atom is -0.384 e. The maximum absolute atomic E-state index is 9.37. The molecule has 1 aromatic carbocycles. The molecule has 0 spiro atoms. The van der Waals surface area contributed by atoms with Gasteiger partial charge in [-0.3, -0.25) is 0 Å². The van der Waals surface area contributed by atoms with Gasteiger partial charge in [-0.15, -0.1) is 0 Å². The van der Waals surface area contributed by atoms with Crippen LogP contribution in [0.25, 0.3) is 6.08 Å². The van der Waals surface area contributed by atoms with Crippen LogP contribution in [-0.4, -0.2) is 5.11 Å². The summed E-state index contributed by atoms with van der Waals surface area (Å²) < 4.78 is 1.05. The molecule has 1 nitrogen and oxygen atoms in total. The van der Waals surface area contributed by atoms with Crippen LogP contribution in [0.5, 0.6) is 0 Å². The molecule has 0 saturated heterocycles. The van der Waals surface area contributed by atoms with E-state index in [0.717, 1.165) is 15.6 Å². The van der Waals surface area contributed by atoms with Gasteiger partial charge in [0, 0.05) is 4.47 Å². The number of aliphatic hydroxyl groups is 1. The van der Waals surface area contributed by atoms with Gasteiger partial charge in [0.05, 0.1) is 6.10 Å². The molecule has 0 saturated carbocycles. The van der Waals surface area contributed by atoms with Gasteiger partial charge < -0.3 is 5.11 Å². The predicted molar refractivity (Wildman–Crippen MR) is 48.1 cm³/mol. The first-order valence-corrected chi connectivity index (χ1v) is 4.22. The highest BCUT2D eigenvalue weighted by Gasteiger charge is 2.13. The lowest BCUT2D eigenvalue weighted by Crippen LogP contribution is -1.89. The smallest absolute Gasteiger partial charge is 0.0980 e. The topological polar surface area (TPSA) is 20.2 Å². The summed E-state index contributed by atoms with van der Waals surface area (Å²) in [6.07, 6.45) is 3.32. The van der Waals surface area contributed by atoms with Crippen molar-refractivity contribution in [2.45, 2.75) is 6.10 Å². The average Bonchev–Trinajstić information content (AvgIpc) is 2.32. The fourth-order valence-corrected chi connectivity index (χ4v) is 1.64. The summed E-state index contributed by atoms with van der Waals surface area (Å²) in [7, 11) is 0. The van der Waals surface area contributed by atoms with Gasteiger partial charge >= 0.3 is 0 Å². The largest absolute Gasteiger partial charge is 0.384 e. The molecule has 0 fully saturated rings. The molecule has 1 aromatic rings. The van der Waals surface area contributed by atoms with Crippen molar-refractivity contribution in [1.82, 2.24) is 0 Å². The molecule has 0 amide bonds. The zero-order valence-corrected chi connectivity index (χ0v) is 7.38. The lowest BCUT2D eigenvalue weighted by atomic mass is 10.1. The highest BCUT2D eigenvalue weighted by molar-refractivity contribution is 9.10. The average molecular weight is 211 g/mol. The summed E-state index contributed by atoms with van der Waals surface area (Å²) in [5.41, 5.74) is 2.10. The Balaban J connectivity index is 2.58. The minimum absolute atomic E-state index is 0.405. The summed E-state index contributed by atoms with van der Waals surface area (Å²) in [5.74, 6) is 0. The first kappa shape index (κ1) is 7.07. The van der Waals surface area contributed by atoms with Crippen molar-refractivity contribution in [3.63, 3.8) is 0 Å². The van der Waals surface area contributed by atoms with Crippen LogP contribution in [0, 0.1) is 0 Å². The molecule has 1 aliphatic carbocycles. The van der Waals surface area contributed by atoms with Crippen molar-refractivity contribution in [3.8, 4) is 0 Å². The van der Waals surface area contributed by atoms with E-state index in [2.05, 4.69) is 15.9 Å². The Hall–Kier alpha value is -0.600. The van der Waals surface area contributed by atoms with E-state index in [9.17, 15) is 5.11 Å². The highest BCUT2D eigenvalue weighted by Crippen LogP contribution is 2.29. The van der Waals surface area contributed by atoms with Crippen LogP contribution in [0.1, 0.15) is 17.2 Å². The maximum atomic E-state index is 9.37. The molecule has 2 heteroatoms. The Bertz CT molecular complexity index is 317. The number of rotatable bonds is 0. The number of hydrogen-bond donors (Lipinski definition) is 1. The quantitative estimate of drug-likeness (QED) is 0.698. The van der Waals surface area contributed by atoms with Crippen LogP contribution < -0.4 is 0 Å². The molecule has 0 bridgehead atoms. The standard InChI is InChI=1S/C9H7BrO/c10-7-2-3-8-6(5-7)1-4-9(8)11/h1-5,9,11H. The monoisotopic (exact) mass is 210 g/mol. The second-order valence-electron chi connectivity index (χ2n) is 2.58. The van der Waals surface area contributed by atoms with E-state index in [0.29, 0.717) is 0 Å². The summed E-state index contributed by atoms with van der Waals surface area (Å²) in [5, 5.41) is 9.37. The van der Waals surface area contributed by atoms with Crippen molar-refractivity contribution in [3.05, 3.63) is 39.9 Å². The van der Waals surface area contributed by atoms with Crippen LogP contribution in [0.3, 0.4) is 0 Å². The predicted octanol–water partition coefficient (Wildman–Crippen LogP) is 2.51. The van der Waals surface area contributed by atoms with Gasteiger partial charge in [0.2, 0.25) is 0 Å². The summed E-state index contributed by atoms with van der Waals surface area (Å²) in [6.45, 7) is 0. The highest BCUT2D eigenvalue weighted by atomic mass is 79.9. The molecule has 1 aliphatic rings. The molecule has 56 valence electrons. The molecule has 0 radical (unpaired) electrons. The summed E-state index contributed by atoms with van der Waals surface area (Å²) >= 11 is 3.37. The van der Waals surface area contributed by atoms with Crippen molar-refractivity contribution in [2.75, 3.05) is 0 Å². The number of fused-ring (bicyclic) bond motifs is 1. The molecule has 11 heavy (non-hydrogen) atoms. The molecule has 2 rings (SSSR count). The zero-order chi connectivity index (χ0) is 7.84. The number of halogens is 1. The van der Waals surface area contributed by atoms with Crippen molar-refractivity contribution in [2.24, 2.45) is 0 Å². The third-order valence-corrected chi connectivity index (χ3v) is 2.32. The fourth-order valence-electron chi connectivity index (χ4n) is 1.26. The van der Waals surface area contributed by atoms with E-state index in [1.54, 1.807) is 6.08 Å². The number of aliphatic hydroxyl groups excluding tert-OH is 1. The molecule has 1 atom stereocenters. The zero-order valence-electron chi connectivity index (χ0n) is 5.79. The Labute approximate surface area is 73.5 Å². The third kappa shape index (κ3) is 1.12. The van der Waals surface area contributed by atoms with Crippen molar-refractivity contribution in [1.29, 1.82) is 0 Å². The van der Waals surface area contributed by atoms with Crippen molar-refractivity contribution < 1.29 is 5.11 Å². The lowest BCUT2D eigenvalue weighted by Gasteiger charge is -2.02. The Kier molecular flexibility index (Phi) is 1.59. The van der Waals surface area contributed by atoms with Crippen LogP contribution in [0.15, 0.2) is 28.7 Å². The van der Waals surface area contributed by atoms with E-state index in [1.807, 2.05) is 24.3 Å². The van der Waals surface area contributed by atoms with Crippen LogP contribution in [0.4, 0.5) is 0 Å². The van der Waals surface area contributed by atoms with Crippen molar-refractivity contribution >= 4 is 22.0 Å². The van der Waals surface area contributed by atoms with Crippen LogP contribution in [0.2, 0.25) is 0 Å². The molecule has 1 N–H and O–H groups in total. The maximum Gasteiger partial charge on any atom is 0.0980 e. The van der Waals surface area contributed by atoms with Crippen LogP contribution in [-0.2, 0) is 0 Å². The molecule has 1 unspecified atom stereocenters. The molecular weight excluding hydrogens is 204 g/mol. The Morgan fingerprint density at radius 2 is 2.18 bits per heavy atom. The molecule has 0 aromatic heterocycles. The van der Waals surface area contributed by atoms with E-state index in [1.165, 1.54) is 0 Å². The fraction of sp³-hybridized carbons (Fsp3) is 0.111. The third-order valence-electron chi connectivity index (χ3n) is 1.83.